The highest BCUT2D eigenvalue weighted by atomic mass is 16.6. The first-order valence-electron chi connectivity index (χ1n) is 6.38. The lowest BCUT2D eigenvalue weighted by molar-refractivity contribution is -0.154. The molecule has 0 saturated heterocycles. The fraction of sp³-hybridized carbons (Fsp3) is 0.357. The minimum atomic E-state index is -0.834. The predicted octanol–water partition coefficient (Wildman–Crippen LogP) is -0.141. The van der Waals surface area contributed by atoms with E-state index in [2.05, 4.69) is 10.6 Å². The van der Waals surface area contributed by atoms with Gasteiger partial charge in [0.2, 0.25) is 5.91 Å². The smallest absolute Gasteiger partial charge is 0.347 e. The van der Waals surface area contributed by atoms with Crippen molar-refractivity contribution in [3.63, 3.8) is 0 Å². The van der Waals surface area contributed by atoms with Gasteiger partial charge in [-0.3, -0.25) is 9.59 Å². The van der Waals surface area contributed by atoms with Crippen LogP contribution in [0, 0.1) is 0 Å². The monoisotopic (exact) mass is 294 g/mol. The first-order chi connectivity index (χ1) is 10.0. The van der Waals surface area contributed by atoms with Crippen molar-refractivity contribution in [1.29, 1.82) is 0 Å². The largest absolute Gasteiger partial charge is 0.479 e. The predicted molar refractivity (Wildman–Crippen MR) is 74.6 cm³/mol. The molecule has 7 heteroatoms. The fourth-order valence-corrected chi connectivity index (χ4v) is 1.32. The summed E-state index contributed by atoms with van der Waals surface area (Å²) >= 11 is 0. The van der Waals surface area contributed by atoms with Gasteiger partial charge in [0, 0.05) is 7.05 Å². The Labute approximate surface area is 122 Å². The molecule has 0 aliphatic heterocycles. The molecular formula is C14H18N2O5. The molecule has 2 amide bonds. The van der Waals surface area contributed by atoms with Crippen LogP contribution in [0.15, 0.2) is 30.3 Å². The number of amides is 2. The molecule has 1 aromatic rings. The third kappa shape index (κ3) is 6.42. The number of nitrogens with one attached hydrogen (secondary N) is 2. The van der Waals surface area contributed by atoms with Crippen LogP contribution in [0.5, 0.6) is 5.75 Å². The molecule has 0 aliphatic rings. The van der Waals surface area contributed by atoms with E-state index in [0.717, 1.165) is 0 Å². The van der Waals surface area contributed by atoms with Gasteiger partial charge in [0.1, 0.15) is 5.75 Å². The van der Waals surface area contributed by atoms with E-state index in [9.17, 15) is 14.4 Å². The number of hydrogen-bond donors (Lipinski definition) is 2. The highest BCUT2D eigenvalue weighted by molar-refractivity contribution is 5.86. The Morgan fingerprint density at radius 3 is 2.43 bits per heavy atom. The van der Waals surface area contributed by atoms with Crippen molar-refractivity contribution in [3.8, 4) is 5.75 Å². The van der Waals surface area contributed by atoms with Gasteiger partial charge in [-0.05, 0) is 19.1 Å². The molecule has 0 aromatic heterocycles. The molecule has 0 fully saturated rings. The third-order valence-electron chi connectivity index (χ3n) is 2.46. The highest BCUT2D eigenvalue weighted by Gasteiger charge is 2.17. The fourth-order valence-electron chi connectivity index (χ4n) is 1.32. The van der Waals surface area contributed by atoms with E-state index in [1.807, 2.05) is 6.07 Å². The Morgan fingerprint density at radius 2 is 1.81 bits per heavy atom. The van der Waals surface area contributed by atoms with Gasteiger partial charge in [-0.15, -0.1) is 0 Å². The number of hydrogen-bond acceptors (Lipinski definition) is 5. The number of ether oxygens (including phenoxy) is 2. The van der Waals surface area contributed by atoms with E-state index in [0.29, 0.717) is 5.75 Å². The lowest BCUT2D eigenvalue weighted by Gasteiger charge is -2.13. The molecule has 21 heavy (non-hydrogen) atoms. The maximum absolute atomic E-state index is 11.6. The van der Waals surface area contributed by atoms with E-state index < -0.39 is 24.6 Å². The maximum Gasteiger partial charge on any atom is 0.347 e. The second kappa shape index (κ2) is 8.57. The van der Waals surface area contributed by atoms with Crippen molar-refractivity contribution in [3.05, 3.63) is 30.3 Å². The lowest BCUT2D eigenvalue weighted by Crippen LogP contribution is -2.38. The van der Waals surface area contributed by atoms with Crippen LogP contribution in [0.1, 0.15) is 6.92 Å². The summed E-state index contributed by atoms with van der Waals surface area (Å²) in [7, 11) is 1.46. The average molecular weight is 294 g/mol. The normalized spacial score (nSPS) is 11.1. The molecule has 114 valence electrons. The van der Waals surface area contributed by atoms with Crippen molar-refractivity contribution in [2.75, 3.05) is 20.2 Å². The summed E-state index contributed by atoms with van der Waals surface area (Å²) in [5.74, 6) is -1.02. The van der Waals surface area contributed by atoms with E-state index in [4.69, 9.17) is 9.47 Å². The van der Waals surface area contributed by atoms with Gasteiger partial charge in [-0.1, -0.05) is 18.2 Å². The second-order valence-electron chi connectivity index (χ2n) is 4.13. The summed E-state index contributed by atoms with van der Waals surface area (Å²) in [6, 6.07) is 8.80. The van der Waals surface area contributed by atoms with Crippen LogP contribution in [0.3, 0.4) is 0 Å². The molecule has 0 bridgehead atoms. The molecular weight excluding hydrogens is 276 g/mol. The molecule has 1 atom stereocenters. The van der Waals surface area contributed by atoms with Gasteiger partial charge in [0.25, 0.3) is 5.91 Å². The molecule has 2 N–H and O–H groups in total. The van der Waals surface area contributed by atoms with Crippen molar-refractivity contribution in [2.24, 2.45) is 0 Å². The van der Waals surface area contributed by atoms with Crippen molar-refractivity contribution in [2.45, 2.75) is 13.0 Å². The summed E-state index contributed by atoms with van der Waals surface area (Å²) in [5, 5.41) is 4.66. The summed E-state index contributed by atoms with van der Waals surface area (Å²) < 4.78 is 10.1. The van der Waals surface area contributed by atoms with Gasteiger partial charge >= 0.3 is 5.97 Å². The number of carbonyl (C=O) groups is 3. The van der Waals surface area contributed by atoms with Crippen LogP contribution in [-0.4, -0.2) is 44.1 Å². The Morgan fingerprint density at radius 1 is 1.14 bits per heavy atom. The second-order valence-corrected chi connectivity index (χ2v) is 4.13. The molecule has 0 unspecified atom stereocenters. The number of esters is 1. The Balaban J connectivity index is 2.29. The van der Waals surface area contributed by atoms with E-state index >= 15 is 0 Å². The van der Waals surface area contributed by atoms with E-state index in [1.54, 1.807) is 24.3 Å². The topological polar surface area (TPSA) is 93.7 Å². The minimum absolute atomic E-state index is 0.164. The first kappa shape index (κ1) is 16.5. The van der Waals surface area contributed by atoms with Crippen LogP contribution in [0.2, 0.25) is 0 Å². The summed E-state index contributed by atoms with van der Waals surface area (Å²) in [6.07, 6.45) is -0.834. The zero-order valence-electron chi connectivity index (χ0n) is 11.9. The van der Waals surface area contributed by atoms with Gasteiger partial charge in [-0.2, -0.15) is 0 Å². The van der Waals surface area contributed by atoms with Crippen LogP contribution in [0.25, 0.3) is 0 Å². The van der Waals surface area contributed by atoms with Crippen LogP contribution in [-0.2, 0) is 19.1 Å². The van der Waals surface area contributed by atoms with Crippen LogP contribution >= 0.6 is 0 Å². The minimum Gasteiger partial charge on any atom is -0.479 e. The Kier molecular flexibility index (Phi) is 6.73. The van der Waals surface area contributed by atoms with Crippen molar-refractivity contribution in [1.82, 2.24) is 10.6 Å². The average Bonchev–Trinajstić information content (AvgIpc) is 2.50. The number of carbonyl (C=O) groups excluding carboxylic acids is 3. The van der Waals surface area contributed by atoms with Gasteiger partial charge in [0.15, 0.2) is 12.7 Å². The van der Waals surface area contributed by atoms with Crippen LogP contribution < -0.4 is 15.4 Å². The SMILES string of the molecule is CNC(=O)CNC(=O)COC(=O)[C@H](C)Oc1ccccc1. The lowest BCUT2D eigenvalue weighted by atomic mass is 10.3. The summed E-state index contributed by atoms with van der Waals surface area (Å²) in [6.45, 7) is 0.902. The van der Waals surface area contributed by atoms with E-state index in [1.165, 1.54) is 14.0 Å². The van der Waals surface area contributed by atoms with Gasteiger partial charge < -0.3 is 20.1 Å². The molecule has 0 spiro atoms. The zero-order chi connectivity index (χ0) is 15.7. The highest BCUT2D eigenvalue weighted by Crippen LogP contribution is 2.11. The number of rotatable bonds is 7. The quantitative estimate of drug-likeness (QED) is 0.683. The van der Waals surface area contributed by atoms with Gasteiger partial charge in [-0.25, -0.2) is 4.79 Å². The first-order valence-corrected chi connectivity index (χ1v) is 6.38. The summed E-state index contributed by atoms with van der Waals surface area (Å²) in [5.41, 5.74) is 0. The van der Waals surface area contributed by atoms with Gasteiger partial charge in [0.05, 0.1) is 6.54 Å². The maximum atomic E-state index is 11.6. The molecule has 0 radical (unpaired) electrons. The number of benzene rings is 1. The van der Waals surface area contributed by atoms with Crippen molar-refractivity contribution < 1.29 is 23.9 Å². The number of para-hydroxylation sites is 1. The molecule has 0 heterocycles. The molecule has 7 nitrogen and oxygen atoms in total. The molecule has 1 aromatic carbocycles. The van der Waals surface area contributed by atoms with Crippen LogP contribution in [0.4, 0.5) is 0 Å². The number of likely N-dealkylation sites (N-methyl/N-ethyl adjacent to an activating group) is 1. The molecule has 0 aliphatic carbocycles. The summed E-state index contributed by atoms with van der Waals surface area (Å²) in [4.78, 5) is 33.9. The van der Waals surface area contributed by atoms with Crippen molar-refractivity contribution >= 4 is 17.8 Å². The van der Waals surface area contributed by atoms with E-state index in [-0.39, 0.29) is 12.5 Å². The standard InChI is InChI=1S/C14H18N2O5/c1-10(21-11-6-4-3-5-7-11)14(19)20-9-13(18)16-8-12(17)15-2/h3-7,10H,8-9H2,1-2H3,(H,15,17)(H,16,18)/t10-/m0/s1. The molecule has 0 saturated carbocycles. The Hall–Kier alpha value is -2.57. The Bertz CT molecular complexity index is 489. The zero-order valence-corrected chi connectivity index (χ0v) is 11.9. The third-order valence-corrected chi connectivity index (χ3v) is 2.46. The molecule has 1 rings (SSSR count).